The maximum atomic E-state index is 6.05. The van der Waals surface area contributed by atoms with Gasteiger partial charge < -0.3 is 20.4 Å². The van der Waals surface area contributed by atoms with E-state index < -0.39 is 0 Å². The first-order chi connectivity index (χ1) is 10.6. The number of rotatable bonds is 4. The van der Waals surface area contributed by atoms with E-state index in [1.165, 1.54) is 12.8 Å². The Kier molecular flexibility index (Phi) is 4.47. The molecule has 1 aromatic rings. The van der Waals surface area contributed by atoms with E-state index in [2.05, 4.69) is 37.8 Å². The van der Waals surface area contributed by atoms with E-state index in [0.29, 0.717) is 18.5 Å². The van der Waals surface area contributed by atoms with Crippen molar-refractivity contribution in [2.24, 2.45) is 10.7 Å². The summed E-state index contributed by atoms with van der Waals surface area (Å²) < 4.78 is 0. The van der Waals surface area contributed by atoms with Gasteiger partial charge in [-0.1, -0.05) is 0 Å². The number of hydrogen-bond donors (Lipinski definition) is 1. The van der Waals surface area contributed by atoms with Crippen LogP contribution in [0.25, 0.3) is 0 Å². The van der Waals surface area contributed by atoms with E-state index in [1.54, 1.807) is 0 Å². The Labute approximate surface area is 132 Å². The van der Waals surface area contributed by atoms with Crippen LogP contribution in [0.3, 0.4) is 0 Å². The summed E-state index contributed by atoms with van der Waals surface area (Å²) in [6.45, 7) is 4.85. The molecule has 0 unspecified atom stereocenters. The average Bonchev–Trinajstić information content (AvgIpc) is 3.38. The van der Waals surface area contributed by atoms with Gasteiger partial charge in [0.15, 0.2) is 5.96 Å². The van der Waals surface area contributed by atoms with Crippen LogP contribution >= 0.6 is 0 Å². The Bertz CT molecular complexity index is 531. The van der Waals surface area contributed by atoms with Gasteiger partial charge in [-0.3, -0.25) is 0 Å². The van der Waals surface area contributed by atoms with Crippen LogP contribution < -0.4 is 10.6 Å². The zero-order chi connectivity index (χ0) is 15.5. The minimum Gasteiger partial charge on any atom is -0.370 e. The van der Waals surface area contributed by atoms with E-state index in [9.17, 15) is 0 Å². The highest BCUT2D eigenvalue weighted by Gasteiger charge is 2.27. The van der Waals surface area contributed by atoms with E-state index >= 15 is 0 Å². The number of piperazine rings is 1. The Morgan fingerprint density at radius 1 is 1.36 bits per heavy atom. The molecule has 1 saturated heterocycles. The fourth-order valence-corrected chi connectivity index (χ4v) is 2.70. The highest BCUT2D eigenvalue weighted by Crippen LogP contribution is 2.25. The standard InChI is InChI=1S/C16H26N6/c1-20-7-9-22(10-8-20)15-11-13(5-6-18-15)12-19-16(17)21(2)14-3-4-14/h5-6,11,14H,3-4,7-10,12H2,1-2H3,(H2,17,19). The lowest BCUT2D eigenvalue weighted by atomic mass is 10.2. The summed E-state index contributed by atoms with van der Waals surface area (Å²) in [6, 6.07) is 4.76. The van der Waals surface area contributed by atoms with Crippen molar-refractivity contribution in [2.45, 2.75) is 25.4 Å². The first kappa shape index (κ1) is 15.1. The summed E-state index contributed by atoms with van der Waals surface area (Å²) in [4.78, 5) is 15.8. The molecule has 120 valence electrons. The molecule has 3 rings (SSSR count). The maximum absolute atomic E-state index is 6.05. The van der Waals surface area contributed by atoms with Crippen LogP contribution in [-0.2, 0) is 6.54 Å². The molecule has 0 amide bonds. The van der Waals surface area contributed by atoms with Gasteiger partial charge >= 0.3 is 0 Å². The van der Waals surface area contributed by atoms with Crippen LogP contribution in [0.4, 0.5) is 5.82 Å². The molecule has 0 radical (unpaired) electrons. The second kappa shape index (κ2) is 6.52. The van der Waals surface area contributed by atoms with Gasteiger partial charge in [0.25, 0.3) is 0 Å². The summed E-state index contributed by atoms with van der Waals surface area (Å²) >= 11 is 0. The smallest absolute Gasteiger partial charge is 0.191 e. The fraction of sp³-hybridized carbons (Fsp3) is 0.625. The summed E-state index contributed by atoms with van der Waals surface area (Å²) in [5.74, 6) is 1.69. The highest BCUT2D eigenvalue weighted by molar-refractivity contribution is 5.78. The minimum absolute atomic E-state index is 0.599. The first-order valence-electron chi connectivity index (χ1n) is 8.04. The minimum atomic E-state index is 0.599. The number of aromatic nitrogens is 1. The molecule has 1 aromatic heterocycles. The van der Waals surface area contributed by atoms with Crippen molar-refractivity contribution in [3.05, 3.63) is 23.9 Å². The number of hydrogen-bond acceptors (Lipinski definition) is 4. The normalized spacial score (nSPS) is 20.3. The lowest BCUT2D eigenvalue weighted by molar-refractivity contribution is 0.312. The second-order valence-electron chi connectivity index (χ2n) is 6.33. The van der Waals surface area contributed by atoms with Crippen LogP contribution in [0, 0.1) is 0 Å². The van der Waals surface area contributed by atoms with Gasteiger partial charge in [-0.2, -0.15) is 0 Å². The van der Waals surface area contributed by atoms with Gasteiger partial charge in [-0.15, -0.1) is 0 Å². The van der Waals surface area contributed by atoms with Gasteiger partial charge in [-0.05, 0) is 37.6 Å². The van der Waals surface area contributed by atoms with Gasteiger partial charge in [0.05, 0.1) is 6.54 Å². The molecule has 2 aliphatic rings. The molecule has 0 atom stereocenters. The molecule has 0 spiro atoms. The predicted octanol–water partition coefficient (Wildman–Crippen LogP) is 0.742. The van der Waals surface area contributed by atoms with Crippen molar-refractivity contribution >= 4 is 11.8 Å². The molecule has 1 saturated carbocycles. The van der Waals surface area contributed by atoms with Crippen molar-refractivity contribution in [1.29, 1.82) is 0 Å². The molecule has 6 heteroatoms. The number of nitrogens with two attached hydrogens (primary N) is 1. The number of pyridine rings is 1. The van der Waals surface area contributed by atoms with E-state index in [1.807, 2.05) is 19.3 Å². The van der Waals surface area contributed by atoms with Crippen LogP contribution in [0.1, 0.15) is 18.4 Å². The number of aliphatic imine (C=N–C) groups is 1. The average molecular weight is 302 g/mol. The molecule has 2 fully saturated rings. The largest absolute Gasteiger partial charge is 0.370 e. The highest BCUT2D eigenvalue weighted by atomic mass is 15.3. The Balaban J connectivity index is 1.62. The third kappa shape index (κ3) is 3.68. The van der Waals surface area contributed by atoms with Gasteiger partial charge in [0, 0.05) is 45.5 Å². The molecule has 0 aromatic carbocycles. The van der Waals surface area contributed by atoms with Crippen LogP contribution in [0.15, 0.2) is 23.3 Å². The third-order valence-corrected chi connectivity index (χ3v) is 4.52. The molecular formula is C16H26N6. The molecule has 1 aliphatic carbocycles. The van der Waals surface area contributed by atoms with Gasteiger partial charge in [0.1, 0.15) is 5.82 Å². The zero-order valence-electron chi connectivity index (χ0n) is 13.6. The molecule has 1 aliphatic heterocycles. The van der Waals surface area contributed by atoms with Crippen molar-refractivity contribution in [1.82, 2.24) is 14.8 Å². The number of anilines is 1. The van der Waals surface area contributed by atoms with Gasteiger partial charge in [0.2, 0.25) is 0 Å². The van der Waals surface area contributed by atoms with E-state index in [0.717, 1.165) is 37.6 Å². The molecule has 6 nitrogen and oxygen atoms in total. The van der Waals surface area contributed by atoms with Crippen molar-refractivity contribution in [3.8, 4) is 0 Å². The van der Waals surface area contributed by atoms with Crippen LogP contribution in [0.2, 0.25) is 0 Å². The quantitative estimate of drug-likeness (QED) is 0.657. The molecule has 22 heavy (non-hydrogen) atoms. The molecular weight excluding hydrogens is 276 g/mol. The van der Waals surface area contributed by atoms with E-state index in [4.69, 9.17) is 5.73 Å². The van der Waals surface area contributed by atoms with Crippen molar-refractivity contribution in [2.75, 3.05) is 45.2 Å². The Hall–Kier alpha value is -1.82. The van der Waals surface area contributed by atoms with Crippen LogP contribution in [0.5, 0.6) is 0 Å². The maximum Gasteiger partial charge on any atom is 0.191 e. The van der Waals surface area contributed by atoms with E-state index in [-0.39, 0.29) is 0 Å². The molecule has 0 bridgehead atoms. The zero-order valence-corrected chi connectivity index (χ0v) is 13.6. The monoisotopic (exact) mass is 302 g/mol. The summed E-state index contributed by atoms with van der Waals surface area (Å²) in [5.41, 5.74) is 7.21. The first-order valence-corrected chi connectivity index (χ1v) is 8.04. The Morgan fingerprint density at radius 3 is 2.77 bits per heavy atom. The summed E-state index contributed by atoms with van der Waals surface area (Å²) in [5, 5.41) is 0. The van der Waals surface area contributed by atoms with Crippen molar-refractivity contribution in [3.63, 3.8) is 0 Å². The molecule has 2 heterocycles. The topological polar surface area (TPSA) is 61.0 Å². The predicted molar refractivity (Wildman–Crippen MR) is 90.1 cm³/mol. The Morgan fingerprint density at radius 2 is 2.09 bits per heavy atom. The fourth-order valence-electron chi connectivity index (χ4n) is 2.70. The SMILES string of the molecule is CN1CCN(c2cc(CN=C(N)N(C)C3CC3)ccn2)CC1. The van der Waals surface area contributed by atoms with Crippen molar-refractivity contribution < 1.29 is 0 Å². The number of likely N-dealkylation sites (N-methyl/N-ethyl adjacent to an activating group) is 1. The molecule has 2 N–H and O–H groups in total. The summed E-state index contributed by atoms with van der Waals surface area (Å²) in [7, 11) is 4.19. The lowest BCUT2D eigenvalue weighted by Crippen LogP contribution is -2.44. The number of nitrogens with zero attached hydrogens (tertiary/aromatic N) is 5. The second-order valence-corrected chi connectivity index (χ2v) is 6.33. The third-order valence-electron chi connectivity index (χ3n) is 4.52. The number of guanidine groups is 1. The summed E-state index contributed by atoms with van der Waals surface area (Å²) in [6.07, 6.45) is 4.34. The van der Waals surface area contributed by atoms with Crippen LogP contribution in [-0.4, -0.2) is 67.1 Å². The van der Waals surface area contributed by atoms with Gasteiger partial charge in [-0.25, -0.2) is 9.98 Å². The lowest BCUT2D eigenvalue weighted by Gasteiger charge is -2.33.